The van der Waals surface area contributed by atoms with E-state index in [0.717, 1.165) is 6.42 Å². The number of allylic oxidation sites excluding steroid dienone is 4. The molecule has 3 rings (SSSR count). The predicted molar refractivity (Wildman–Crippen MR) is 93.9 cm³/mol. The second-order valence-electron chi connectivity index (χ2n) is 5.10. The molecule has 0 fully saturated rings. The van der Waals surface area contributed by atoms with Crippen molar-refractivity contribution in [3.8, 4) is 0 Å². The summed E-state index contributed by atoms with van der Waals surface area (Å²) in [5.41, 5.74) is 1.61. The normalized spacial score (nSPS) is 14.2. The monoisotopic (exact) mass is 406 g/mol. The molecular formula is C19H18Se2. The van der Waals surface area contributed by atoms with Crippen LogP contribution in [-0.4, -0.2) is 29.9 Å². The summed E-state index contributed by atoms with van der Waals surface area (Å²) in [6, 6.07) is 22.0. The van der Waals surface area contributed by atoms with Crippen LogP contribution in [0.2, 0.25) is 3.21 Å². The maximum absolute atomic E-state index is 2.46. The zero-order valence-electron chi connectivity index (χ0n) is 12.0. The van der Waals surface area contributed by atoms with Crippen LogP contribution in [0.25, 0.3) is 0 Å². The number of hydrogen-bond donors (Lipinski definition) is 0. The Labute approximate surface area is 139 Å². The third-order valence-corrected chi connectivity index (χ3v) is 10.1. The van der Waals surface area contributed by atoms with Crippen molar-refractivity contribution in [2.24, 2.45) is 0 Å². The van der Waals surface area contributed by atoms with Crippen LogP contribution in [0.4, 0.5) is 0 Å². The Morgan fingerprint density at radius 2 is 1.33 bits per heavy atom. The summed E-state index contributed by atoms with van der Waals surface area (Å²) in [4.78, 5) is 0. The molecule has 2 aromatic rings. The fraction of sp³-hybridized carbons (Fsp3) is 0.158. The Balaban J connectivity index is 1.88. The molecular weight excluding hydrogens is 386 g/mol. The second-order valence-corrected chi connectivity index (χ2v) is 12.7. The van der Waals surface area contributed by atoms with Gasteiger partial charge in [0.05, 0.1) is 0 Å². The van der Waals surface area contributed by atoms with Gasteiger partial charge in [-0.05, 0) is 0 Å². The van der Waals surface area contributed by atoms with Gasteiger partial charge in [-0.3, -0.25) is 0 Å². The van der Waals surface area contributed by atoms with Gasteiger partial charge in [-0.25, -0.2) is 0 Å². The van der Waals surface area contributed by atoms with E-state index in [-0.39, 0.29) is 0 Å². The van der Waals surface area contributed by atoms with Crippen LogP contribution in [0.5, 0.6) is 0 Å². The van der Waals surface area contributed by atoms with Crippen LogP contribution in [-0.2, 0) is 0 Å². The SMILES string of the molecule is CC([Se]c1ccccc1)([Se]c1ccccc1)C1=CC=CC1. The maximum atomic E-state index is 2.46. The van der Waals surface area contributed by atoms with Crippen LogP contribution in [0.15, 0.2) is 84.5 Å². The fourth-order valence-corrected chi connectivity index (χ4v) is 9.31. The van der Waals surface area contributed by atoms with E-state index in [1.54, 1.807) is 5.57 Å². The molecule has 0 radical (unpaired) electrons. The summed E-state index contributed by atoms with van der Waals surface area (Å²) in [6.45, 7) is 2.46. The number of hydrogen-bond acceptors (Lipinski definition) is 0. The van der Waals surface area contributed by atoms with Crippen molar-refractivity contribution in [2.45, 2.75) is 16.6 Å². The topological polar surface area (TPSA) is 0 Å². The third kappa shape index (κ3) is 3.78. The molecule has 0 N–H and O–H groups in total. The van der Waals surface area contributed by atoms with E-state index < -0.39 is 0 Å². The fourth-order valence-electron chi connectivity index (χ4n) is 2.36. The summed E-state index contributed by atoms with van der Waals surface area (Å²) in [5, 5.41) is 0. The van der Waals surface area contributed by atoms with E-state index in [9.17, 15) is 0 Å². The second kappa shape index (κ2) is 6.81. The van der Waals surface area contributed by atoms with E-state index >= 15 is 0 Å². The summed E-state index contributed by atoms with van der Waals surface area (Å²) in [5.74, 6) is 0. The predicted octanol–water partition coefficient (Wildman–Crippen LogP) is 3.07. The number of rotatable bonds is 5. The average molecular weight is 404 g/mol. The van der Waals surface area contributed by atoms with Gasteiger partial charge in [0.15, 0.2) is 0 Å². The summed E-state index contributed by atoms with van der Waals surface area (Å²) < 4.78 is 3.31. The summed E-state index contributed by atoms with van der Waals surface area (Å²) in [7, 11) is 0. The van der Waals surface area contributed by atoms with E-state index in [0.29, 0.717) is 33.1 Å². The molecule has 0 bridgehead atoms. The van der Waals surface area contributed by atoms with Gasteiger partial charge in [-0.1, -0.05) is 0 Å². The Kier molecular flexibility index (Phi) is 4.83. The molecule has 2 aromatic carbocycles. The molecule has 0 atom stereocenters. The Hall–Kier alpha value is -1.04. The molecule has 0 amide bonds. The van der Waals surface area contributed by atoms with Crippen LogP contribution in [0, 0.1) is 0 Å². The quantitative estimate of drug-likeness (QED) is 0.673. The zero-order valence-corrected chi connectivity index (χ0v) is 15.5. The number of benzene rings is 2. The van der Waals surface area contributed by atoms with Crippen LogP contribution in [0.1, 0.15) is 13.3 Å². The van der Waals surface area contributed by atoms with Crippen LogP contribution < -0.4 is 8.92 Å². The molecule has 2 heteroatoms. The molecule has 0 spiro atoms. The van der Waals surface area contributed by atoms with Crippen LogP contribution >= 0.6 is 0 Å². The van der Waals surface area contributed by atoms with Gasteiger partial charge in [0.2, 0.25) is 0 Å². The Bertz CT molecular complexity index is 600. The molecule has 0 unspecified atom stereocenters. The third-order valence-electron chi connectivity index (χ3n) is 3.47. The van der Waals surface area contributed by atoms with Gasteiger partial charge in [0.25, 0.3) is 0 Å². The zero-order chi connectivity index (χ0) is 14.5. The molecule has 0 aromatic heterocycles. The minimum atomic E-state index is 0.312. The Morgan fingerprint density at radius 1 is 0.810 bits per heavy atom. The van der Waals surface area contributed by atoms with Crippen LogP contribution in [0.3, 0.4) is 0 Å². The van der Waals surface area contributed by atoms with E-state index in [1.807, 2.05) is 0 Å². The Morgan fingerprint density at radius 3 is 1.76 bits per heavy atom. The first-order chi connectivity index (χ1) is 10.3. The van der Waals surface area contributed by atoms with Crippen molar-refractivity contribution in [1.82, 2.24) is 0 Å². The molecule has 0 saturated heterocycles. The van der Waals surface area contributed by atoms with Crippen molar-refractivity contribution in [2.75, 3.05) is 0 Å². The molecule has 106 valence electrons. The minimum absolute atomic E-state index is 0.312. The van der Waals surface area contributed by atoms with Crippen molar-refractivity contribution in [3.63, 3.8) is 0 Å². The standard InChI is InChI=1S/C19H18Se2/c1-19(16-10-8-9-11-16,20-17-12-4-2-5-13-17)21-18-14-6-3-7-15-18/h2-10,12-15H,11H2,1H3. The summed E-state index contributed by atoms with van der Waals surface area (Å²) in [6.07, 6.45) is 7.97. The van der Waals surface area contributed by atoms with Gasteiger partial charge >= 0.3 is 140 Å². The first-order valence-corrected chi connectivity index (χ1v) is 10.5. The van der Waals surface area contributed by atoms with Crippen molar-refractivity contribution in [3.05, 3.63) is 84.5 Å². The average Bonchev–Trinajstić information content (AvgIpc) is 3.04. The first-order valence-electron chi connectivity index (χ1n) is 7.11. The molecule has 0 nitrogen and oxygen atoms in total. The van der Waals surface area contributed by atoms with Gasteiger partial charge in [-0.15, -0.1) is 0 Å². The molecule has 0 heterocycles. The van der Waals surface area contributed by atoms with Gasteiger partial charge < -0.3 is 0 Å². The van der Waals surface area contributed by atoms with Crippen molar-refractivity contribution < 1.29 is 0 Å². The van der Waals surface area contributed by atoms with Gasteiger partial charge in [-0.2, -0.15) is 0 Å². The first kappa shape index (κ1) is 14.9. The van der Waals surface area contributed by atoms with Crippen molar-refractivity contribution in [1.29, 1.82) is 0 Å². The molecule has 0 saturated carbocycles. The van der Waals surface area contributed by atoms with E-state index in [1.165, 1.54) is 8.92 Å². The van der Waals surface area contributed by atoms with E-state index in [4.69, 9.17) is 0 Å². The van der Waals surface area contributed by atoms with Gasteiger partial charge in [0.1, 0.15) is 0 Å². The molecule has 1 aliphatic carbocycles. The summed E-state index contributed by atoms with van der Waals surface area (Å²) >= 11 is 0.921. The van der Waals surface area contributed by atoms with Gasteiger partial charge in [0, 0.05) is 0 Å². The molecule has 0 aliphatic heterocycles. The molecule has 21 heavy (non-hydrogen) atoms. The van der Waals surface area contributed by atoms with E-state index in [2.05, 4.69) is 85.8 Å². The molecule has 1 aliphatic rings. The van der Waals surface area contributed by atoms with Crippen molar-refractivity contribution >= 4 is 38.8 Å².